The van der Waals surface area contributed by atoms with Crippen LogP contribution in [0.5, 0.6) is 0 Å². The van der Waals surface area contributed by atoms with Crippen molar-refractivity contribution in [2.75, 3.05) is 0 Å². The van der Waals surface area contributed by atoms with Gasteiger partial charge in [-0.3, -0.25) is 0 Å². The molecule has 4 rings (SSSR count). The van der Waals surface area contributed by atoms with Gasteiger partial charge in [0.05, 0.1) is 0 Å². The number of hydrogen-bond acceptors (Lipinski definition) is 0. The van der Waals surface area contributed by atoms with Crippen molar-refractivity contribution in [3.8, 4) is 0 Å². The summed E-state index contributed by atoms with van der Waals surface area (Å²) in [6.07, 6.45) is 22.8. The molecule has 0 N–H and O–H groups in total. The van der Waals surface area contributed by atoms with Gasteiger partial charge in [0.2, 0.25) is 0 Å². The van der Waals surface area contributed by atoms with Crippen LogP contribution in [0.25, 0.3) is 0 Å². The van der Waals surface area contributed by atoms with E-state index >= 15 is 0 Å². The third-order valence-electron chi connectivity index (χ3n) is 7.31. The van der Waals surface area contributed by atoms with Crippen molar-refractivity contribution in [1.29, 1.82) is 0 Å². The highest BCUT2D eigenvalue weighted by Gasteiger charge is 2.44. The average molecular weight is 311 g/mol. The van der Waals surface area contributed by atoms with Crippen molar-refractivity contribution in [2.24, 2.45) is 35.5 Å². The molecule has 3 saturated carbocycles. The molecule has 0 spiro atoms. The van der Waals surface area contributed by atoms with Gasteiger partial charge < -0.3 is 0 Å². The molecule has 0 heterocycles. The SMILES string of the molecule is CCC1CCC(C2CC2CC/C=C2/C=CC(C3CC(C)C3)=C2)C1. The van der Waals surface area contributed by atoms with Crippen LogP contribution < -0.4 is 0 Å². The van der Waals surface area contributed by atoms with Crippen molar-refractivity contribution in [3.63, 3.8) is 0 Å². The summed E-state index contributed by atoms with van der Waals surface area (Å²) in [4.78, 5) is 0. The van der Waals surface area contributed by atoms with Crippen molar-refractivity contribution in [1.82, 2.24) is 0 Å². The van der Waals surface area contributed by atoms with E-state index in [9.17, 15) is 0 Å². The Labute approximate surface area is 143 Å². The Hall–Kier alpha value is -0.780. The topological polar surface area (TPSA) is 0 Å². The van der Waals surface area contributed by atoms with E-state index in [0.717, 1.165) is 35.5 Å². The third-order valence-corrected chi connectivity index (χ3v) is 7.31. The van der Waals surface area contributed by atoms with E-state index in [1.54, 1.807) is 18.4 Å². The van der Waals surface area contributed by atoms with Gasteiger partial charge in [-0.1, -0.05) is 51.0 Å². The second kappa shape index (κ2) is 6.61. The lowest BCUT2D eigenvalue weighted by molar-refractivity contribution is 0.254. The highest BCUT2D eigenvalue weighted by atomic mass is 14.5. The summed E-state index contributed by atoms with van der Waals surface area (Å²) in [6, 6.07) is 0. The highest BCUT2D eigenvalue weighted by molar-refractivity contribution is 5.47. The Morgan fingerprint density at radius 3 is 2.70 bits per heavy atom. The van der Waals surface area contributed by atoms with Gasteiger partial charge in [-0.05, 0) is 91.6 Å². The van der Waals surface area contributed by atoms with Gasteiger partial charge >= 0.3 is 0 Å². The molecular weight excluding hydrogens is 276 g/mol. The Balaban J connectivity index is 1.19. The quantitative estimate of drug-likeness (QED) is 0.512. The van der Waals surface area contributed by atoms with Gasteiger partial charge in [0.15, 0.2) is 0 Å². The molecule has 4 aliphatic rings. The molecular formula is C23H34. The molecule has 0 aromatic rings. The fourth-order valence-corrected chi connectivity index (χ4v) is 5.55. The summed E-state index contributed by atoms with van der Waals surface area (Å²) in [7, 11) is 0. The smallest absolute Gasteiger partial charge is 0.0157 e. The average Bonchev–Trinajstić information content (AvgIpc) is 2.95. The van der Waals surface area contributed by atoms with Crippen LogP contribution in [0, 0.1) is 35.5 Å². The van der Waals surface area contributed by atoms with Crippen LogP contribution >= 0.6 is 0 Å². The lowest BCUT2D eigenvalue weighted by Gasteiger charge is -2.33. The molecule has 23 heavy (non-hydrogen) atoms. The maximum atomic E-state index is 2.50. The zero-order valence-corrected chi connectivity index (χ0v) is 15.1. The number of allylic oxidation sites excluding steroid dienone is 6. The monoisotopic (exact) mass is 310 g/mol. The highest BCUT2D eigenvalue weighted by Crippen LogP contribution is 2.53. The standard InChI is InChI=1S/C23H34/c1-3-17-7-10-21(13-17)23-15-20(23)6-4-5-18-8-9-19(14-18)22-11-16(2)12-22/h5,8-9,14,16-17,20-23H,3-4,6-7,10-13,15H2,1-2H3/b18-5-. The van der Waals surface area contributed by atoms with Crippen LogP contribution in [0.2, 0.25) is 0 Å². The molecule has 4 atom stereocenters. The molecule has 0 aromatic heterocycles. The maximum absolute atomic E-state index is 2.50. The van der Waals surface area contributed by atoms with Crippen LogP contribution in [-0.4, -0.2) is 0 Å². The van der Waals surface area contributed by atoms with Gasteiger partial charge in [0.1, 0.15) is 0 Å². The lowest BCUT2D eigenvalue weighted by Crippen LogP contribution is -2.21. The van der Waals surface area contributed by atoms with Gasteiger partial charge in [-0.15, -0.1) is 0 Å². The summed E-state index contributed by atoms with van der Waals surface area (Å²) in [5, 5.41) is 0. The van der Waals surface area contributed by atoms with Crippen molar-refractivity contribution < 1.29 is 0 Å². The summed E-state index contributed by atoms with van der Waals surface area (Å²) in [5.74, 6) is 6.15. The van der Waals surface area contributed by atoms with E-state index in [-0.39, 0.29) is 0 Å². The maximum Gasteiger partial charge on any atom is -0.0157 e. The zero-order valence-electron chi connectivity index (χ0n) is 15.1. The van der Waals surface area contributed by atoms with Gasteiger partial charge in [0, 0.05) is 0 Å². The molecule has 0 aliphatic heterocycles. The van der Waals surface area contributed by atoms with Crippen molar-refractivity contribution in [3.05, 3.63) is 35.5 Å². The van der Waals surface area contributed by atoms with E-state index in [4.69, 9.17) is 0 Å². The van der Waals surface area contributed by atoms with Crippen LogP contribution in [0.4, 0.5) is 0 Å². The molecule has 0 heteroatoms. The molecule has 0 amide bonds. The first-order valence-corrected chi connectivity index (χ1v) is 10.3. The minimum Gasteiger partial charge on any atom is -0.0772 e. The summed E-state index contributed by atoms with van der Waals surface area (Å²) in [5.41, 5.74) is 3.10. The van der Waals surface area contributed by atoms with E-state index in [1.165, 1.54) is 50.5 Å². The first kappa shape index (κ1) is 15.7. The van der Waals surface area contributed by atoms with Crippen molar-refractivity contribution in [2.45, 2.75) is 71.6 Å². The molecule has 126 valence electrons. The number of hydrogen-bond donors (Lipinski definition) is 0. The lowest BCUT2D eigenvalue weighted by atomic mass is 9.72. The summed E-state index contributed by atoms with van der Waals surface area (Å²) < 4.78 is 0. The van der Waals surface area contributed by atoms with Crippen LogP contribution in [-0.2, 0) is 0 Å². The Kier molecular flexibility index (Phi) is 4.52. The number of rotatable bonds is 6. The Morgan fingerprint density at radius 1 is 1.09 bits per heavy atom. The fraction of sp³-hybridized carbons (Fsp3) is 0.739. The van der Waals surface area contributed by atoms with Crippen LogP contribution in [0.3, 0.4) is 0 Å². The molecule has 0 bridgehead atoms. The molecule has 0 nitrogen and oxygen atoms in total. The summed E-state index contributed by atoms with van der Waals surface area (Å²) in [6.45, 7) is 4.76. The zero-order chi connectivity index (χ0) is 15.8. The molecule has 4 aliphatic carbocycles. The Bertz CT molecular complexity index is 514. The second-order valence-corrected chi connectivity index (χ2v) is 9.04. The predicted octanol–water partition coefficient (Wildman–Crippen LogP) is 6.70. The van der Waals surface area contributed by atoms with Crippen LogP contribution in [0.15, 0.2) is 35.5 Å². The third kappa shape index (κ3) is 3.52. The normalized spacial score (nSPS) is 43.7. The van der Waals surface area contributed by atoms with E-state index in [0.29, 0.717) is 0 Å². The van der Waals surface area contributed by atoms with Crippen molar-refractivity contribution >= 4 is 0 Å². The minimum atomic E-state index is 0.869. The largest absolute Gasteiger partial charge is 0.0772 e. The van der Waals surface area contributed by atoms with Gasteiger partial charge in [-0.2, -0.15) is 0 Å². The van der Waals surface area contributed by atoms with E-state index in [2.05, 4.69) is 38.2 Å². The van der Waals surface area contributed by atoms with Gasteiger partial charge in [0.25, 0.3) is 0 Å². The summed E-state index contributed by atoms with van der Waals surface area (Å²) >= 11 is 0. The molecule has 3 fully saturated rings. The van der Waals surface area contributed by atoms with E-state index in [1.807, 2.05) is 0 Å². The molecule has 0 aromatic carbocycles. The molecule has 4 unspecified atom stereocenters. The Morgan fingerprint density at radius 2 is 1.96 bits per heavy atom. The second-order valence-electron chi connectivity index (χ2n) is 9.04. The molecule has 0 radical (unpaired) electrons. The van der Waals surface area contributed by atoms with Crippen LogP contribution in [0.1, 0.15) is 71.6 Å². The van der Waals surface area contributed by atoms with Gasteiger partial charge in [-0.25, -0.2) is 0 Å². The first-order valence-electron chi connectivity index (χ1n) is 10.3. The predicted molar refractivity (Wildman–Crippen MR) is 99.1 cm³/mol. The fourth-order valence-electron chi connectivity index (χ4n) is 5.55. The van der Waals surface area contributed by atoms with E-state index < -0.39 is 0 Å². The first-order chi connectivity index (χ1) is 11.2. The molecule has 0 saturated heterocycles. The minimum absolute atomic E-state index is 0.869.